The highest BCUT2D eigenvalue weighted by molar-refractivity contribution is 5.96. The fraction of sp³-hybridized carbons (Fsp3) is 0.400. The van der Waals surface area contributed by atoms with Crippen molar-refractivity contribution in [2.75, 3.05) is 18.0 Å². The van der Waals surface area contributed by atoms with E-state index in [2.05, 4.69) is 14.9 Å². The molecule has 0 aliphatic carbocycles. The van der Waals surface area contributed by atoms with E-state index in [1.54, 1.807) is 18.2 Å². The predicted octanol–water partition coefficient (Wildman–Crippen LogP) is 1.94. The predicted molar refractivity (Wildman–Crippen MR) is 78.7 cm³/mol. The summed E-state index contributed by atoms with van der Waals surface area (Å²) in [4.78, 5) is 21.8. The molecule has 0 saturated carbocycles. The van der Waals surface area contributed by atoms with Crippen molar-refractivity contribution in [2.24, 2.45) is 0 Å². The maximum atomic E-state index is 11.0. The normalized spacial score (nSPS) is 22.5. The number of nitrogens with zero attached hydrogens (tertiary/aromatic N) is 3. The summed E-state index contributed by atoms with van der Waals surface area (Å²) in [6.45, 7) is 5.59. The van der Waals surface area contributed by atoms with Crippen LogP contribution in [0.5, 0.6) is 0 Å². The highest BCUT2D eigenvalue weighted by Gasteiger charge is 2.24. The molecule has 21 heavy (non-hydrogen) atoms. The molecule has 1 fully saturated rings. The van der Waals surface area contributed by atoms with E-state index in [1.165, 1.54) is 6.33 Å². The fourth-order valence-electron chi connectivity index (χ4n) is 2.78. The van der Waals surface area contributed by atoms with Crippen molar-refractivity contribution in [2.45, 2.75) is 26.1 Å². The molecule has 1 saturated heterocycles. The molecular weight excluding hydrogens is 270 g/mol. The minimum absolute atomic E-state index is 0.136. The molecule has 1 aliphatic rings. The highest BCUT2D eigenvalue weighted by Crippen LogP contribution is 2.26. The van der Waals surface area contributed by atoms with Gasteiger partial charge in [-0.2, -0.15) is 0 Å². The molecule has 110 valence electrons. The van der Waals surface area contributed by atoms with Gasteiger partial charge in [0.05, 0.1) is 23.3 Å². The van der Waals surface area contributed by atoms with Crippen LogP contribution in [0.2, 0.25) is 0 Å². The Morgan fingerprint density at radius 2 is 2.00 bits per heavy atom. The van der Waals surface area contributed by atoms with Crippen molar-refractivity contribution >= 4 is 22.7 Å². The highest BCUT2D eigenvalue weighted by atomic mass is 16.5. The minimum atomic E-state index is -0.953. The molecule has 1 aliphatic heterocycles. The zero-order chi connectivity index (χ0) is 15.0. The Kier molecular flexibility index (Phi) is 3.47. The van der Waals surface area contributed by atoms with E-state index in [1.807, 2.05) is 13.8 Å². The molecule has 1 aromatic heterocycles. The number of carboxylic acids is 1. The Labute approximate surface area is 122 Å². The lowest BCUT2D eigenvalue weighted by Crippen LogP contribution is -2.45. The average molecular weight is 287 g/mol. The van der Waals surface area contributed by atoms with Crippen molar-refractivity contribution in [1.29, 1.82) is 0 Å². The fourth-order valence-corrected chi connectivity index (χ4v) is 2.78. The number of benzene rings is 1. The molecule has 2 atom stereocenters. The second kappa shape index (κ2) is 5.29. The van der Waals surface area contributed by atoms with E-state index in [9.17, 15) is 4.79 Å². The van der Waals surface area contributed by atoms with E-state index in [0.717, 1.165) is 24.3 Å². The van der Waals surface area contributed by atoms with E-state index < -0.39 is 5.97 Å². The zero-order valence-corrected chi connectivity index (χ0v) is 12.0. The summed E-state index contributed by atoms with van der Waals surface area (Å²) in [5, 5.41) is 9.93. The van der Waals surface area contributed by atoms with Crippen LogP contribution in [0.15, 0.2) is 24.5 Å². The van der Waals surface area contributed by atoms with Gasteiger partial charge in [-0.25, -0.2) is 14.8 Å². The summed E-state index contributed by atoms with van der Waals surface area (Å²) in [7, 11) is 0. The van der Waals surface area contributed by atoms with Crippen molar-refractivity contribution in [1.82, 2.24) is 9.97 Å². The standard InChI is InChI=1S/C15H17N3O3/c1-9-6-18(7-10(2)21-9)14-12-4-3-11(15(19)20)5-13(12)16-8-17-14/h3-5,8-10H,6-7H2,1-2H3,(H,19,20)/t9-,10+. The SMILES string of the molecule is C[C@@H]1CN(c2ncnc3cc(C(=O)O)ccc23)C[C@H](C)O1. The molecule has 3 rings (SSSR count). The van der Waals surface area contributed by atoms with Gasteiger partial charge in [-0.05, 0) is 32.0 Å². The number of fused-ring (bicyclic) bond motifs is 1. The lowest BCUT2D eigenvalue weighted by atomic mass is 10.1. The van der Waals surface area contributed by atoms with Gasteiger partial charge in [0.15, 0.2) is 0 Å². The van der Waals surface area contributed by atoms with Gasteiger partial charge in [0.2, 0.25) is 0 Å². The zero-order valence-electron chi connectivity index (χ0n) is 12.0. The quantitative estimate of drug-likeness (QED) is 0.909. The molecule has 0 spiro atoms. The largest absolute Gasteiger partial charge is 0.478 e. The molecule has 2 heterocycles. The molecule has 0 radical (unpaired) electrons. The first kappa shape index (κ1) is 13.8. The summed E-state index contributed by atoms with van der Waals surface area (Å²) >= 11 is 0. The Bertz CT molecular complexity index is 679. The minimum Gasteiger partial charge on any atom is -0.478 e. The van der Waals surface area contributed by atoms with Gasteiger partial charge < -0.3 is 14.7 Å². The molecule has 1 N–H and O–H groups in total. The lowest BCUT2D eigenvalue weighted by Gasteiger charge is -2.36. The maximum absolute atomic E-state index is 11.0. The molecule has 6 nitrogen and oxygen atoms in total. The van der Waals surface area contributed by atoms with Crippen LogP contribution in [0, 0.1) is 0 Å². The number of ether oxygens (including phenoxy) is 1. The first-order valence-electron chi connectivity index (χ1n) is 6.93. The van der Waals surface area contributed by atoms with Crippen LogP contribution >= 0.6 is 0 Å². The summed E-state index contributed by atoms with van der Waals surface area (Å²) in [5.41, 5.74) is 0.877. The Morgan fingerprint density at radius 1 is 1.29 bits per heavy atom. The second-order valence-electron chi connectivity index (χ2n) is 5.40. The van der Waals surface area contributed by atoms with Crippen LogP contribution in [-0.4, -0.2) is 46.3 Å². The van der Waals surface area contributed by atoms with Crippen LogP contribution in [0.1, 0.15) is 24.2 Å². The number of carboxylic acid groups (broad SMARTS) is 1. The van der Waals surface area contributed by atoms with Gasteiger partial charge in [-0.3, -0.25) is 0 Å². The van der Waals surface area contributed by atoms with Crippen molar-refractivity contribution in [3.8, 4) is 0 Å². The number of aromatic nitrogens is 2. The molecule has 0 bridgehead atoms. The number of hydrogen-bond acceptors (Lipinski definition) is 5. The first-order valence-corrected chi connectivity index (χ1v) is 6.93. The van der Waals surface area contributed by atoms with E-state index >= 15 is 0 Å². The van der Waals surface area contributed by atoms with Crippen LogP contribution < -0.4 is 4.90 Å². The van der Waals surface area contributed by atoms with E-state index in [4.69, 9.17) is 9.84 Å². The van der Waals surface area contributed by atoms with Crippen molar-refractivity contribution < 1.29 is 14.6 Å². The summed E-state index contributed by atoms with van der Waals surface area (Å²) in [5.74, 6) is -0.121. The molecule has 0 unspecified atom stereocenters. The van der Waals surface area contributed by atoms with E-state index in [-0.39, 0.29) is 17.8 Å². The third kappa shape index (κ3) is 2.67. The van der Waals surface area contributed by atoms with Gasteiger partial charge in [0, 0.05) is 18.5 Å². The summed E-state index contributed by atoms with van der Waals surface area (Å²) in [6, 6.07) is 4.94. The molecule has 2 aromatic rings. The monoisotopic (exact) mass is 287 g/mol. The number of morpholine rings is 1. The van der Waals surface area contributed by atoms with Gasteiger partial charge in [-0.1, -0.05) is 0 Å². The molecule has 1 aromatic carbocycles. The molecular formula is C15H17N3O3. The van der Waals surface area contributed by atoms with Crippen LogP contribution in [0.25, 0.3) is 10.9 Å². The lowest BCUT2D eigenvalue weighted by molar-refractivity contribution is -0.00537. The van der Waals surface area contributed by atoms with E-state index in [0.29, 0.717) is 5.52 Å². The van der Waals surface area contributed by atoms with Crippen LogP contribution in [-0.2, 0) is 4.74 Å². The van der Waals surface area contributed by atoms with Gasteiger partial charge in [0.25, 0.3) is 0 Å². The number of aromatic carboxylic acids is 1. The van der Waals surface area contributed by atoms with Crippen molar-refractivity contribution in [3.63, 3.8) is 0 Å². The third-order valence-corrected chi connectivity index (χ3v) is 3.58. The molecule has 0 amide bonds. The van der Waals surface area contributed by atoms with Crippen LogP contribution in [0.4, 0.5) is 5.82 Å². The van der Waals surface area contributed by atoms with Gasteiger partial charge >= 0.3 is 5.97 Å². The summed E-state index contributed by atoms with van der Waals surface area (Å²) < 4.78 is 5.74. The van der Waals surface area contributed by atoms with Crippen molar-refractivity contribution in [3.05, 3.63) is 30.1 Å². The Hall–Kier alpha value is -2.21. The summed E-state index contributed by atoms with van der Waals surface area (Å²) in [6.07, 6.45) is 1.75. The number of hydrogen-bond donors (Lipinski definition) is 1. The Balaban J connectivity index is 2.04. The van der Waals surface area contributed by atoms with Gasteiger partial charge in [0.1, 0.15) is 12.1 Å². The first-order chi connectivity index (χ1) is 10.0. The smallest absolute Gasteiger partial charge is 0.335 e. The average Bonchev–Trinajstić information content (AvgIpc) is 2.45. The molecule has 6 heteroatoms. The van der Waals surface area contributed by atoms with Gasteiger partial charge in [-0.15, -0.1) is 0 Å². The second-order valence-corrected chi connectivity index (χ2v) is 5.40. The topological polar surface area (TPSA) is 75.6 Å². The number of rotatable bonds is 2. The van der Waals surface area contributed by atoms with Crippen LogP contribution in [0.3, 0.4) is 0 Å². The Morgan fingerprint density at radius 3 is 2.67 bits per heavy atom. The maximum Gasteiger partial charge on any atom is 0.335 e. The number of carbonyl (C=O) groups is 1. The number of anilines is 1. The third-order valence-electron chi connectivity index (χ3n) is 3.58.